The van der Waals surface area contributed by atoms with E-state index < -0.39 is 12.0 Å². The lowest BCUT2D eigenvalue weighted by Gasteiger charge is -2.47. The molecule has 1 fully saturated rings. The summed E-state index contributed by atoms with van der Waals surface area (Å²) in [5.41, 5.74) is 9.69. The lowest BCUT2D eigenvalue weighted by Crippen LogP contribution is -2.68. The Hall–Kier alpha value is -2.30. The van der Waals surface area contributed by atoms with E-state index in [1.165, 1.54) is 28.4 Å². The van der Waals surface area contributed by atoms with Crippen molar-refractivity contribution >= 4 is 35.4 Å². The first-order valence-corrected chi connectivity index (χ1v) is 10.4. The van der Waals surface area contributed by atoms with Crippen LogP contribution in [0.5, 0.6) is 0 Å². The van der Waals surface area contributed by atoms with E-state index >= 15 is 0 Å². The Morgan fingerprint density at radius 1 is 1.48 bits per heavy atom. The first-order valence-electron chi connectivity index (χ1n) is 8.44. The van der Waals surface area contributed by atoms with Crippen molar-refractivity contribution in [3.63, 3.8) is 0 Å². The SMILES string of the molecule is CCN1C=CN2NC(S/C=C/C3=C(C(=O)O)N4C(=O)[C@@H](N)[C@@H]4SC3)=CC=C12. The molecule has 27 heavy (non-hydrogen) atoms. The fourth-order valence-electron chi connectivity index (χ4n) is 3.21. The van der Waals surface area contributed by atoms with E-state index in [0.717, 1.165) is 17.4 Å². The maximum atomic E-state index is 12.0. The lowest BCUT2D eigenvalue weighted by atomic mass is 10.0. The average Bonchev–Trinajstić information content (AvgIpc) is 3.09. The molecule has 4 N–H and O–H groups in total. The van der Waals surface area contributed by atoms with Crippen LogP contribution in [0.4, 0.5) is 0 Å². The zero-order valence-electron chi connectivity index (χ0n) is 14.5. The molecule has 0 unspecified atom stereocenters. The number of β-lactam (4-membered cyclic amide) rings is 1. The Morgan fingerprint density at radius 3 is 3.04 bits per heavy atom. The molecule has 2 atom stereocenters. The summed E-state index contributed by atoms with van der Waals surface area (Å²) in [6.07, 6.45) is 9.72. The molecule has 10 heteroatoms. The van der Waals surface area contributed by atoms with Crippen LogP contribution in [0.15, 0.2) is 58.2 Å². The maximum absolute atomic E-state index is 12.0. The molecule has 0 saturated carbocycles. The Bertz CT molecular complexity index is 848. The van der Waals surface area contributed by atoms with Crippen LogP contribution in [0, 0.1) is 0 Å². The molecule has 0 aliphatic carbocycles. The van der Waals surface area contributed by atoms with Crippen LogP contribution in [-0.2, 0) is 9.59 Å². The van der Waals surface area contributed by atoms with Gasteiger partial charge >= 0.3 is 5.97 Å². The molecule has 0 aromatic heterocycles. The zero-order valence-corrected chi connectivity index (χ0v) is 16.2. The molecule has 142 valence electrons. The number of carbonyl (C=O) groups is 2. The smallest absolute Gasteiger partial charge is 0.352 e. The number of hydrogen-bond donors (Lipinski definition) is 3. The highest BCUT2D eigenvalue weighted by Crippen LogP contribution is 2.40. The number of hydrogen-bond acceptors (Lipinski definition) is 8. The Kier molecular flexibility index (Phi) is 4.70. The summed E-state index contributed by atoms with van der Waals surface area (Å²) in [5, 5.41) is 13.9. The van der Waals surface area contributed by atoms with Gasteiger partial charge in [0.2, 0.25) is 5.91 Å². The number of thioether (sulfide) groups is 2. The van der Waals surface area contributed by atoms with Crippen molar-refractivity contribution in [3.8, 4) is 0 Å². The van der Waals surface area contributed by atoms with Crippen molar-refractivity contribution in [2.45, 2.75) is 18.3 Å². The molecule has 0 spiro atoms. The normalized spacial score (nSPS) is 26.6. The summed E-state index contributed by atoms with van der Waals surface area (Å²) in [6.45, 7) is 2.97. The largest absolute Gasteiger partial charge is 0.477 e. The van der Waals surface area contributed by atoms with E-state index in [0.29, 0.717) is 11.3 Å². The third-order valence-electron chi connectivity index (χ3n) is 4.60. The maximum Gasteiger partial charge on any atom is 0.352 e. The molecule has 1 amide bonds. The van der Waals surface area contributed by atoms with Crippen LogP contribution < -0.4 is 11.2 Å². The second-order valence-electron chi connectivity index (χ2n) is 6.16. The molecule has 0 aromatic rings. The lowest BCUT2D eigenvalue weighted by molar-refractivity contribution is -0.147. The van der Waals surface area contributed by atoms with Gasteiger partial charge in [0.05, 0.1) is 5.03 Å². The van der Waals surface area contributed by atoms with Crippen LogP contribution >= 0.6 is 23.5 Å². The summed E-state index contributed by atoms with van der Waals surface area (Å²) < 4.78 is 0. The monoisotopic (exact) mass is 405 g/mol. The predicted molar refractivity (Wildman–Crippen MR) is 105 cm³/mol. The highest BCUT2D eigenvalue weighted by Gasteiger charge is 2.51. The van der Waals surface area contributed by atoms with Crippen molar-refractivity contribution in [1.29, 1.82) is 0 Å². The number of hydrazine groups is 1. The van der Waals surface area contributed by atoms with Gasteiger partial charge in [-0.05, 0) is 36.1 Å². The van der Waals surface area contributed by atoms with Crippen molar-refractivity contribution in [2.75, 3.05) is 12.3 Å². The molecule has 0 aromatic carbocycles. The number of rotatable bonds is 5. The molecule has 4 rings (SSSR count). The molecule has 0 bridgehead atoms. The highest BCUT2D eigenvalue weighted by atomic mass is 32.2. The number of nitrogens with two attached hydrogens (primary N) is 1. The molecule has 1 saturated heterocycles. The topological polar surface area (TPSA) is 102 Å². The van der Waals surface area contributed by atoms with Gasteiger partial charge in [-0.3, -0.25) is 15.1 Å². The van der Waals surface area contributed by atoms with Crippen molar-refractivity contribution in [1.82, 2.24) is 20.2 Å². The van der Waals surface area contributed by atoms with E-state index in [1.807, 2.05) is 35.0 Å². The van der Waals surface area contributed by atoms with E-state index in [4.69, 9.17) is 5.73 Å². The van der Waals surface area contributed by atoms with Crippen LogP contribution in [-0.4, -0.2) is 55.5 Å². The number of allylic oxidation sites excluding steroid dienone is 3. The number of nitrogens with zero attached hydrogens (tertiary/aromatic N) is 3. The number of aliphatic carboxylic acids is 1. The van der Waals surface area contributed by atoms with E-state index in [1.54, 1.807) is 6.08 Å². The van der Waals surface area contributed by atoms with Crippen molar-refractivity contribution in [3.05, 3.63) is 58.2 Å². The van der Waals surface area contributed by atoms with E-state index in [9.17, 15) is 14.7 Å². The molecule has 8 nitrogen and oxygen atoms in total. The van der Waals surface area contributed by atoms with Crippen LogP contribution in [0.3, 0.4) is 0 Å². The third-order valence-corrected chi connectivity index (χ3v) is 6.67. The average molecular weight is 406 g/mol. The second-order valence-corrected chi connectivity index (χ2v) is 8.21. The second kappa shape index (κ2) is 7.02. The highest BCUT2D eigenvalue weighted by molar-refractivity contribution is 8.05. The summed E-state index contributed by atoms with van der Waals surface area (Å²) >= 11 is 2.94. The summed E-state index contributed by atoms with van der Waals surface area (Å²) in [4.78, 5) is 27.0. The first-order chi connectivity index (χ1) is 13.0. The fourth-order valence-corrected chi connectivity index (χ4v) is 5.15. The van der Waals surface area contributed by atoms with Gasteiger partial charge < -0.3 is 15.7 Å². The van der Waals surface area contributed by atoms with Gasteiger partial charge in [0, 0.05) is 24.7 Å². The number of carboxylic acid groups (broad SMARTS) is 1. The van der Waals surface area contributed by atoms with Crippen molar-refractivity contribution < 1.29 is 14.7 Å². The standard InChI is InChI=1S/C17H19N5O3S2/c1-2-20-6-7-21-12(20)4-3-11(19-21)26-8-5-10-9-27-16-13(18)15(23)22(16)14(10)17(24)25/h3-8,13,16,19H,2,9,18H2,1H3,(H,24,25)/b8-5+/t13-,16+/m1/s1. The van der Waals surface area contributed by atoms with Gasteiger partial charge in [-0.1, -0.05) is 11.8 Å². The summed E-state index contributed by atoms with van der Waals surface area (Å²) in [5.74, 6) is 0.134. The molecule has 4 heterocycles. The van der Waals surface area contributed by atoms with Gasteiger partial charge in [0.1, 0.15) is 22.9 Å². The molecule has 4 aliphatic heterocycles. The summed E-state index contributed by atoms with van der Waals surface area (Å²) in [7, 11) is 0. The van der Waals surface area contributed by atoms with Crippen LogP contribution in [0.1, 0.15) is 6.92 Å². The zero-order chi connectivity index (χ0) is 19.1. The Labute approximate surface area is 165 Å². The van der Waals surface area contributed by atoms with Gasteiger partial charge in [-0.15, -0.1) is 11.8 Å². The molecule has 0 radical (unpaired) electrons. The summed E-state index contributed by atoms with van der Waals surface area (Å²) in [6, 6.07) is -0.613. The number of nitrogens with one attached hydrogen (secondary N) is 1. The molecular weight excluding hydrogens is 386 g/mol. The van der Waals surface area contributed by atoms with Crippen LogP contribution in [0.2, 0.25) is 0 Å². The molecule has 4 aliphatic rings. The number of carbonyl (C=O) groups excluding carboxylic acids is 1. The fraction of sp³-hybridized carbons (Fsp3) is 0.294. The van der Waals surface area contributed by atoms with E-state index in [2.05, 4.69) is 17.2 Å². The van der Waals surface area contributed by atoms with Crippen LogP contribution in [0.25, 0.3) is 0 Å². The van der Waals surface area contributed by atoms with Crippen molar-refractivity contribution in [2.24, 2.45) is 5.73 Å². The minimum atomic E-state index is -1.10. The third kappa shape index (κ3) is 3.03. The molecular formula is C17H19N5O3S2. The van der Waals surface area contributed by atoms with Gasteiger partial charge in [0.25, 0.3) is 0 Å². The van der Waals surface area contributed by atoms with E-state index in [-0.39, 0.29) is 17.0 Å². The quantitative estimate of drug-likeness (QED) is 0.581. The minimum Gasteiger partial charge on any atom is -0.477 e. The predicted octanol–water partition coefficient (Wildman–Crippen LogP) is 1.12. The number of amides is 1. The number of fused-ring (bicyclic) bond motifs is 2. The van der Waals surface area contributed by atoms with Gasteiger partial charge in [0.15, 0.2) is 0 Å². The first kappa shape index (κ1) is 18.1. The van der Waals surface area contributed by atoms with Gasteiger partial charge in [-0.25, -0.2) is 9.80 Å². The van der Waals surface area contributed by atoms with Gasteiger partial charge in [-0.2, -0.15) is 0 Å². The number of carboxylic acids is 1. The Balaban J connectivity index is 1.47. The Morgan fingerprint density at radius 2 is 2.30 bits per heavy atom. The minimum absolute atomic E-state index is 0.0381.